The van der Waals surface area contributed by atoms with Gasteiger partial charge in [-0.05, 0) is 47.2 Å². The van der Waals surface area contributed by atoms with Gasteiger partial charge in [-0.25, -0.2) is 4.39 Å². The van der Waals surface area contributed by atoms with Crippen molar-refractivity contribution >= 4 is 22.6 Å². The fourth-order valence-corrected chi connectivity index (χ4v) is 1.54. The van der Waals surface area contributed by atoms with Crippen LogP contribution in [0.5, 0.6) is 0 Å². The lowest BCUT2D eigenvalue weighted by Gasteiger charge is -2.18. The highest BCUT2D eigenvalue weighted by Crippen LogP contribution is 2.28. The third-order valence-corrected chi connectivity index (χ3v) is 3.11. The Balaban J connectivity index is 3.21. The van der Waals surface area contributed by atoms with Gasteiger partial charge in [0, 0.05) is 3.57 Å². The van der Waals surface area contributed by atoms with Crippen molar-refractivity contribution in [2.75, 3.05) is 0 Å². The van der Waals surface area contributed by atoms with Crippen molar-refractivity contribution in [3.05, 3.63) is 33.1 Å². The molecule has 0 bridgehead atoms. The molecule has 0 heterocycles. The van der Waals surface area contributed by atoms with Gasteiger partial charge in [-0.2, -0.15) is 10.5 Å². The minimum atomic E-state index is -0.931. The Kier molecular flexibility index (Phi) is 3.65. The van der Waals surface area contributed by atoms with Gasteiger partial charge in [0.05, 0.1) is 24.0 Å². The predicted molar refractivity (Wildman–Crippen MR) is 62.3 cm³/mol. The molecule has 76 valence electrons. The van der Waals surface area contributed by atoms with Gasteiger partial charge in [0.25, 0.3) is 0 Å². The molecule has 0 N–H and O–H groups in total. The van der Waals surface area contributed by atoms with Gasteiger partial charge in [0.2, 0.25) is 0 Å². The topological polar surface area (TPSA) is 47.6 Å². The van der Waals surface area contributed by atoms with Crippen LogP contribution in [0.3, 0.4) is 0 Å². The Morgan fingerprint density at radius 2 is 2.13 bits per heavy atom. The van der Waals surface area contributed by atoms with E-state index in [1.54, 1.807) is 19.1 Å². The van der Waals surface area contributed by atoms with Crippen LogP contribution >= 0.6 is 22.6 Å². The van der Waals surface area contributed by atoms with Gasteiger partial charge in [0.15, 0.2) is 0 Å². The zero-order valence-electron chi connectivity index (χ0n) is 8.09. The quantitative estimate of drug-likeness (QED) is 0.788. The van der Waals surface area contributed by atoms with Gasteiger partial charge >= 0.3 is 0 Å². The number of rotatable bonds is 2. The number of benzene rings is 1. The van der Waals surface area contributed by atoms with E-state index >= 15 is 0 Å². The van der Waals surface area contributed by atoms with Crippen LogP contribution in [0.25, 0.3) is 0 Å². The second kappa shape index (κ2) is 4.59. The van der Waals surface area contributed by atoms with Crippen LogP contribution in [-0.2, 0) is 5.41 Å². The summed E-state index contributed by atoms with van der Waals surface area (Å²) in [7, 11) is 0. The summed E-state index contributed by atoms with van der Waals surface area (Å²) in [6.07, 6.45) is 0.0591. The normalized spacial score (nSPS) is 13.7. The van der Waals surface area contributed by atoms with Crippen LogP contribution in [0.1, 0.15) is 18.9 Å². The van der Waals surface area contributed by atoms with E-state index in [1.807, 2.05) is 28.7 Å². The van der Waals surface area contributed by atoms with Crippen LogP contribution < -0.4 is 0 Å². The van der Waals surface area contributed by atoms with Crippen LogP contribution in [-0.4, -0.2) is 0 Å². The smallest absolute Gasteiger partial charge is 0.136 e. The Bertz CT molecular complexity index is 459. The molecule has 0 aliphatic heterocycles. The molecule has 1 rings (SSSR count). The molecule has 1 aromatic carbocycles. The van der Waals surface area contributed by atoms with Crippen molar-refractivity contribution in [2.45, 2.75) is 18.8 Å². The van der Waals surface area contributed by atoms with E-state index in [4.69, 9.17) is 10.5 Å². The summed E-state index contributed by atoms with van der Waals surface area (Å²) < 4.78 is 13.8. The second-order valence-corrected chi connectivity index (χ2v) is 4.57. The molecule has 1 atom stereocenters. The lowest BCUT2D eigenvalue weighted by atomic mass is 9.81. The number of nitriles is 2. The first kappa shape index (κ1) is 11.9. The molecule has 4 heteroatoms. The molecule has 0 radical (unpaired) electrons. The number of halogens is 2. The maximum absolute atomic E-state index is 13.3. The minimum Gasteiger partial charge on any atom is -0.206 e. The summed E-state index contributed by atoms with van der Waals surface area (Å²) >= 11 is 1.88. The van der Waals surface area contributed by atoms with Gasteiger partial charge in [-0.1, -0.05) is 6.07 Å². The Morgan fingerprint density at radius 3 is 2.60 bits per heavy atom. The molecule has 1 aromatic rings. The SMILES string of the molecule is CC(C#N)(CC#N)c1ccc(I)c(F)c1. The van der Waals surface area contributed by atoms with Crippen molar-refractivity contribution in [1.82, 2.24) is 0 Å². The van der Waals surface area contributed by atoms with Gasteiger partial charge in [0.1, 0.15) is 5.82 Å². The summed E-state index contributed by atoms with van der Waals surface area (Å²) in [5, 5.41) is 17.6. The van der Waals surface area contributed by atoms with E-state index in [9.17, 15) is 4.39 Å². The van der Waals surface area contributed by atoms with Crippen molar-refractivity contribution in [1.29, 1.82) is 10.5 Å². The Hall–Kier alpha value is -1.14. The molecule has 0 amide bonds. The molecular weight excluding hydrogens is 306 g/mol. The highest BCUT2D eigenvalue weighted by Gasteiger charge is 2.26. The zero-order chi connectivity index (χ0) is 11.5. The molecule has 0 spiro atoms. The lowest BCUT2D eigenvalue weighted by Crippen LogP contribution is -2.19. The third-order valence-electron chi connectivity index (χ3n) is 2.24. The first-order chi connectivity index (χ1) is 7.03. The fourth-order valence-electron chi connectivity index (χ4n) is 1.20. The average Bonchev–Trinajstić information content (AvgIpc) is 2.22. The van der Waals surface area contributed by atoms with Crippen molar-refractivity contribution in [2.24, 2.45) is 0 Å². The predicted octanol–water partition coefficient (Wildman–Crippen LogP) is 3.13. The van der Waals surface area contributed by atoms with Crippen LogP contribution in [0.4, 0.5) is 4.39 Å². The van der Waals surface area contributed by atoms with Gasteiger partial charge in [-0.15, -0.1) is 0 Å². The van der Waals surface area contributed by atoms with Gasteiger partial charge < -0.3 is 0 Å². The van der Waals surface area contributed by atoms with Crippen molar-refractivity contribution in [3.63, 3.8) is 0 Å². The van der Waals surface area contributed by atoms with Crippen LogP contribution in [0.15, 0.2) is 18.2 Å². The van der Waals surface area contributed by atoms with E-state index in [1.165, 1.54) is 6.07 Å². The molecule has 1 unspecified atom stereocenters. The number of nitrogens with zero attached hydrogens (tertiary/aromatic N) is 2. The third kappa shape index (κ3) is 2.45. The van der Waals surface area contributed by atoms with E-state index < -0.39 is 5.41 Å². The van der Waals surface area contributed by atoms with Crippen LogP contribution in [0.2, 0.25) is 0 Å². The van der Waals surface area contributed by atoms with Crippen LogP contribution in [0, 0.1) is 32.0 Å². The number of hydrogen-bond acceptors (Lipinski definition) is 2. The maximum atomic E-state index is 13.3. The van der Waals surface area contributed by atoms with E-state index in [-0.39, 0.29) is 12.2 Å². The summed E-state index contributed by atoms with van der Waals surface area (Å²) in [4.78, 5) is 0. The lowest BCUT2D eigenvalue weighted by molar-refractivity contribution is 0.591. The monoisotopic (exact) mass is 314 g/mol. The standard InChI is InChI=1S/C11H8FIN2/c1-11(7-15,4-5-14)8-2-3-10(13)9(12)6-8/h2-3,6H,4H2,1H3. The molecule has 0 saturated carbocycles. The first-order valence-corrected chi connectivity index (χ1v) is 5.35. The van der Waals surface area contributed by atoms with Crippen molar-refractivity contribution in [3.8, 4) is 12.1 Å². The van der Waals surface area contributed by atoms with E-state index in [2.05, 4.69) is 6.07 Å². The molecule has 0 aliphatic carbocycles. The molecule has 2 nitrogen and oxygen atoms in total. The summed E-state index contributed by atoms with van der Waals surface area (Å²) in [5.74, 6) is -0.354. The zero-order valence-corrected chi connectivity index (χ0v) is 10.2. The highest BCUT2D eigenvalue weighted by molar-refractivity contribution is 14.1. The van der Waals surface area contributed by atoms with Crippen molar-refractivity contribution < 1.29 is 4.39 Å². The second-order valence-electron chi connectivity index (χ2n) is 3.41. The molecule has 0 aliphatic rings. The fraction of sp³-hybridized carbons (Fsp3) is 0.273. The van der Waals surface area contributed by atoms with Gasteiger partial charge in [-0.3, -0.25) is 0 Å². The summed E-state index contributed by atoms with van der Waals surface area (Å²) in [6, 6.07) is 8.61. The Labute approximate surface area is 101 Å². The molecular formula is C11H8FIN2. The molecule has 0 saturated heterocycles. The molecule has 0 fully saturated rings. The van der Waals surface area contributed by atoms with E-state index in [0.717, 1.165) is 0 Å². The summed E-state index contributed by atoms with van der Waals surface area (Å²) in [5.41, 5.74) is -0.385. The first-order valence-electron chi connectivity index (χ1n) is 4.27. The molecule has 15 heavy (non-hydrogen) atoms. The Morgan fingerprint density at radius 1 is 1.47 bits per heavy atom. The maximum Gasteiger partial charge on any atom is 0.136 e. The largest absolute Gasteiger partial charge is 0.206 e. The average molecular weight is 314 g/mol. The van der Waals surface area contributed by atoms with E-state index in [0.29, 0.717) is 9.13 Å². The number of hydrogen-bond donors (Lipinski definition) is 0. The highest BCUT2D eigenvalue weighted by atomic mass is 127. The molecule has 0 aromatic heterocycles. The minimum absolute atomic E-state index is 0.0591. The summed E-state index contributed by atoms with van der Waals surface area (Å²) in [6.45, 7) is 1.64.